The van der Waals surface area contributed by atoms with E-state index in [0.717, 1.165) is 10.0 Å². The Morgan fingerprint density at radius 2 is 2.09 bits per heavy atom. The molecule has 3 heteroatoms. The first kappa shape index (κ1) is 6.77. The van der Waals surface area contributed by atoms with Crippen molar-refractivity contribution in [2.75, 3.05) is 0 Å². The van der Waals surface area contributed by atoms with E-state index < -0.39 is 14.1 Å². The van der Waals surface area contributed by atoms with Crippen molar-refractivity contribution in [3.8, 4) is 0 Å². The molecule has 0 aliphatic carbocycles. The quantitative estimate of drug-likeness (QED) is 0.630. The normalized spacial score (nSPS) is 20.5. The minimum absolute atomic E-state index is 0.954. The van der Waals surface area contributed by atoms with Gasteiger partial charge in [0.15, 0.2) is 0 Å². The van der Waals surface area contributed by atoms with Crippen LogP contribution >= 0.6 is 0 Å². The maximum atomic E-state index is 11.3. The summed E-state index contributed by atoms with van der Waals surface area (Å²) in [5.74, 6) is 0. The molecule has 0 fully saturated rings. The summed E-state index contributed by atoms with van der Waals surface area (Å²) in [5.41, 5.74) is 1.08. The van der Waals surface area contributed by atoms with Crippen LogP contribution in [-0.4, -0.2) is 14.1 Å². The van der Waals surface area contributed by atoms with Crippen LogP contribution in [0.4, 0.5) is 0 Å². The molecule has 0 amide bonds. The van der Waals surface area contributed by atoms with E-state index in [1.807, 2.05) is 30.3 Å². The summed E-state index contributed by atoms with van der Waals surface area (Å²) in [4.78, 5) is 0. The number of rotatable bonds is 0. The van der Waals surface area contributed by atoms with Gasteiger partial charge in [0.1, 0.15) is 0 Å². The fourth-order valence-electron chi connectivity index (χ4n) is 1.04. The second-order valence-electron chi connectivity index (χ2n) is 2.26. The Bertz CT molecular complexity index is 333. The molecular weight excluding hydrogens is 205 g/mol. The first-order chi connectivity index (χ1) is 5.38. The molecular formula is C8H7NOSe. The van der Waals surface area contributed by atoms with Gasteiger partial charge in [-0.25, -0.2) is 0 Å². The van der Waals surface area contributed by atoms with Crippen LogP contribution in [0.2, 0.25) is 0 Å². The van der Waals surface area contributed by atoms with Crippen LogP contribution in [0.25, 0.3) is 6.08 Å². The summed E-state index contributed by atoms with van der Waals surface area (Å²) in [5, 5.41) is 0. The number of fused-ring (bicyclic) bond motifs is 1. The maximum absolute atomic E-state index is 11.3. The second-order valence-corrected chi connectivity index (χ2v) is 4.80. The van der Waals surface area contributed by atoms with E-state index in [1.165, 1.54) is 0 Å². The number of nitrogens with one attached hydrogen (secondary N) is 1. The van der Waals surface area contributed by atoms with Crippen molar-refractivity contribution in [2.45, 2.75) is 0 Å². The average molecular weight is 212 g/mol. The predicted molar refractivity (Wildman–Crippen MR) is 44.7 cm³/mol. The molecule has 1 unspecified atom stereocenters. The first-order valence-corrected chi connectivity index (χ1v) is 5.73. The second kappa shape index (κ2) is 2.61. The van der Waals surface area contributed by atoms with Crippen LogP contribution < -0.4 is 8.79 Å². The van der Waals surface area contributed by atoms with Crippen LogP contribution in [0.15, 0.2) is 30.5 Å². The number of benzene rings is 1. The molecule has 1 N–H and O–H groups in total. The van der Waals surface area contributed by atoms with Gasteiger partial charge in [-0.1, -0.05) is 0 Å². The van der Waals surface area contributed by atoms with E-state index >= 15 is 0 Å². The summed E-state index contributed by atoms with van der Waals surface area (Å²) in [7, 11) is 0. The summed E-state index contributed by atoms with van der Waals surface area (Å²) < 4.78 is 15.1. The standard InChI is InChI=1S/C8H7NOSe/c10-11-8-4-2-1-3-7(8)5-6-9-11/h1-6,9H. The summed E-state index contributed by atoms with van der Waals surface area (Å²) in [6.07, 6.45) is 3.69. The van der Waals surface area contributed by atoms with Gasteiger partial charge in [0.2, 0.25) is 0 Å². The van der Waals surface area contributed by atoms with E-state index in [1.54, 1.807) is 6.20 Å². The molecule has 0 aromatic heterocycles. The Morgan fingerprint density at radius 3 is 2.91 bits per heavy atom. The van der Waals surface area contributed by atoms with Crippen molar-refractivity contribution in [3.63, 3.8) is 0 Å². The molecule has 0 saturated heterocycles. The monoisotopic (exact) mass is 213 g/mol. The molecule has 1 aliphatic heterocycles. The van der Waals surface area contributed by atoms with Gasteiger partial charge in [-0.05, 0) is 0 Å². The molecule has 2 nitrogen and oxygen atoms in total. The van der Waals surface area contributed by atoms with Crippen molar-refractivity contribution in [2.24, 2.45) is 0 Å². The Kier molecular flexibility index (Phi) is 1.60. The van der Waals surface area contributed by atoms with Crippen molar-refractivity contribution in [3.05, 3.63) is 36.0 Å². The van der Waals surface area contributed by atoms with Crippen LogP contribution in [-0.2, 0) is 3.83 Å². The van der Waals surface area contributed by atoms with Gasteiger partial charge in [-0.3, -0.25) is 0 Å². The van der Waals surface area contributed by atoms with Crippen LogP contribution in [0.1, 0.15) is 5.56 Å². The van der Waals surface area contributed by atoms with E-state index in [-0.39, 0.29) is 0 Å². The third kappa shape index (κ3) is 1.13. The van der Waals surface area contributed by atoms with E-state index in [9.17, 15) is 3.83 Å². The average Bonchev–Trinajstić information content (AvgIpc) is 2.06. The van der Waals surface area contributed by atoms with Gasteiger partial charge >= 0.3 is 68.8 Å². The zero-order valence-corrected chi connectivity index (χ0v) is 7.49. The topological polar surface area (TPSA) is 29.1 Å². The molecule has 1 heterocycles. The molecule has 1 aromatic rings. The van der Waals surface area contributed by atoms with Gasteiger partial charge in [-0.2, -0.15) is 0 Å². The van der Waals surface area contributed by atoms with Gasteiger partial charge in [0.05, 0.1) is 0 Å². The fraction of sp³-hybridized carbons (Fsp3) is 0. The van der Waals surface area contributed by atoms with Crippen LogP contribution in [0, 0.1) is 0 Å². The summed E-state index contributed by atoms with van der Waals surface area (Å²) in [6.45, 7) is 0. The van der Waals surface area contributed by atoms with Crippen molar-refractivity contribution in [1.29, 1.82) is 0 Å². The van der Waals surface area contributed by atoms with Crippen LogP contribution in [0.5, 0.6) is 0 Å². The molecule has 2 rings (SSSR count). The van der Waals surface area contributed by atoms with Crippen molar-refractivity contribution < 1.29 is 3.83 Å². The molecule has 0 saturated carbocycles. The Labute approximate surface area is 69.2 Å². The molecule has 1 aliphatic rings. The van der Waals surface area contributed by atoms with E-state index in [4.69, 9.17) is 0 Å². The molecule has 11 heavy (non-hydrogen) atoms. The third-order valence-electron chi connectivity index (χ3n) is 1.56. The summed E-state index contributed by atoms with van der Waals surface area (Å²) in [6, 6.07) is 7.74. The number of hydrogen-bond acceptors (Lipinski definition) is 1. The van der Waals surface area contributed by atoms with Gasteiger partial charge in [0.25, 0.3) is 0 Å². The Balaban J connectivity index is 2.63. The molecule has 1 atom stereocenters. The molecule has 0 radical (unpaired) electrons. The van der Waals surface area contributed by atoms with Crippen molar-refractivity contribution >= 4 is 24.6 Å². The minimum atomic E-state index is -1.95. The Hall–Kier alpha value is -0.921. The van der Waals surface area contributed by atoms with Gasteiger partial charge < -0.3 is 0 Å². The van der Waals surface area contributed by atoms with E-state index in [2.05, 4.69) is 4.33 Å². The molecule has 1 aromatic carbocycles. The zero-order valence-electron chi connectivity index (χ0n) is 5.78. The number of hydrogen-bond donors (Lipinski definition) is 1. The first-order valence-electron chi connectivity index (χ1n) is 3.31. The SMILES string of the molecule is O=[Se]1NC=Cc2ccccc21. The molecule has 0 spiro atoms. The van der Waals surface area contributed by atoms with Crippen LogP contribution in [0.3, 0.4) is 0 Å². The summed E-state index contributed by atoms with van der Waals surface area (Å²) >= 11 is -1.95. The van der Waals surface area contributed by atoms with Gasteiger partial charge in [-0.15, -0.1) is 0 Å². The van der Waals surface area contributed by atoms with E-state index in [0.29, 0.717) is 0 Å². The predicted octanol–water partition coefficient (Wildman–Crippen LogP) is 0.386. The molecule has 56 valence electrons. The van der Waals surface area contributed by atoms with Crippen molar-refractivity contribution in [1.82, 2.24) is 4.33 Å². The van der Waals surface area contributed by atoms with Gasteiger partial charge in [0, 0.05) is 0 Å². The Morgan fingerprint density at radius 1 is 1.27 bits per heavy atom. The zero-order chi connectivity index (χ0) is 7.68. The molecule has 0 bridgehead atoms. The third-order valence-corrected chi connectivity index (χ3v) is 3.91. The fourth-order valence-corrected chi connectivity index (χ4v) is 2.86.